The van der Waals surface area contributed by atoms with Gasteiger partial charge in [0.15, 0.2) is 11.5 Å². The van der Waals surface area contributed by atoms with E-state index in [1.807, 2.05) is 6.92 Å². The second-order valence-electron chi connectivity index (χ2n) is 6.35. The Labute approximate surface area is 190 Å². The van der Waals surface area contributed by atoms with Gasteiger partial charge in [0.05, 0.1) is 24.1 Å². The molecule has 2 N–H and O–H groups in total. The smallest absolute Gasteiger partial charge is 0.337 e. The van der Waals surface area contributed by atoms with Crippen molar-refractivity contribution in [3.05, 3.63) is 87.4 Å². The Morgan fingerprint density at radius 3 is 2.48 bits per heavy atom. The number of ether oxygens (including phenoxy) is 2. The van der Waals surface area contributed by atoms with Crippen LogP contribution in [0.15, 0.2) is 65.8 Å². The van der Waals surface area contributed by atoms with Crippen molar-refractivity contribution in [2.45, 2.75) is 13.5 Å². The van der Waals surface area contributed by atoms with Gasteiger partial charge in [-0.15, -0.1) is 0 Å². The predicted molar refractivity (Wildman–Crippen MR) is 123 cm³/mol. The third-order valence-electron chi connectivity index (χ3n) is 4.26. The van der Waals surface area contributed by atoms with Gasteiger partial charge in [-0.05, 0) is 55.0 Å². The molecule has 0 aliphatic heterocycles. The van der Waals surface area contributed by atoms with E-state index in [9.17, 15) is 9.90 Å². The SMILES string of the molecule is CCOc1cc(C=NNc2ccccc2C(=O)O)ccc1OCc1c(Cl)cccc1Cl. The summed E-state index contributed by atoms with van der Waals surface area (Å²) in [4.78, 5) is 11.3. The molecule has 0 aromatic heterocycles. The molecule has 0 saturated carbocycles. The van der Waals surface area contributed by atoms with Gasteiger partial charge in [0.2, 0.25) is 0 Å². The molecule has 0 aliphatic rings. The molecule has 0 heterocycles. The number of rotatable bonds is 9. The number of carboxylic acid groups (broad SMARTS) is 1. The maximum absolute atomic E-state index is 11.3. The molecule has 0 aliphatic carbocycles. The van der Waals surface area contributed by atoms with Crippen LogP contribution >= 0.6 is 23.2 Å². The van der Waals surface area contributed by atoms with E-state index in [1.54, 1.807) is 60.8 Å². The molecule has 31 heavy (non-hydrogen) atoms. The minimum absolute atomic E-state index is 0.136. The molecule has 3 aromatic carbocycles. The standard InChI is InChI=1S/C23H20Cl2N2O4/c1-2-30-22-12-15(13-26-27-20-9-4-3-6-16(20)23(28)29)10-11-21(22)31-14-17-18(24)7-5-8-19(17)25/h3-13,27H,2,14H2,1H3,(H,28,29). The van der Waals surface area contributed by atoms with Crippen LogP contribution < -0.4 is 14.9 Å². The van der Waals surface area contributed by atoms with Gasteiger partial charge < -0.3 is 14.6 Å². The first-order valence-electron chi connectivity index (χ1n) is 9.43. The highest BCUT2D eigenvalue weighted by atomic mass is 35.5. The van der Waals surface area contributed by atoms with Gasteiger partial charge in [-0.25, -0.2) is 4.79 Å². The molecule has 0 fully saturated rings. The Morgan fingerprint density at radius 2 is 1.77 bits per heavy atom. The number of carboxylic acids is 1. The average molecular weight is 459 g/mol. The third kappa shape index (κ3) is 5.90. The predicted octanol–water partition coefficient (Wildman–Crippen LogP) is 6.12. The van der Waals surface area contributed by atoms with Crippen LogP contribution in [0.5, 0.6) is 11.5 Å². The summed E-state index contributed by atoms with van der Waals surface area (Å²) in [5.41, 5.74) is 4.72. The van der Waals surface area contributed by atoms with Crippen LogP contribution in [-0.4, -0.2) is 23.9 Å². The molecule has 0 atom stereocenters. The Balaban J connectivity index is 1.74. The van der Waals surface area contributed by atoms with E-state index in [0.29, 0.717) is 39.4 Å². The van der Waals surface area contributed by atoms with Gasteiger partial charge >= 0.3 is 5.97 Å². The number of anilines is 1. The van der Waals surface area contributed by atoms with Crippen LogP contribution in [0.2, 0.25) is 10.0 Å². The summed E-state index contributed by atoms with van der Waals surface area (Å²) in [6.45, 7) is 2.52. The first-order valence-corrected chi connectivity index (χ1v) is 10.2. The molecule has 0 radical (unpaired) electrons. The number of hydrazone groups is 1. The largest absolute Gasteiger partial charge is 0.490 e. The Morgan fingerprint density at radius 1 is 1.03 bits per heavy atom. The van der Waals surface area contributed by atoms with Crippen molar-refractivity contribution in [1.82, 2.24) is 0 Å². The van der Waals surface area contributed by atoms with E-state index in [0.717, 1.165) is 5.56 Å². The van der Waals surface area contributed by atoms with Crippen LogP contribution in [0.1, 0.15) is 28.4 Å². The van der Waals surface area contributed by atoms with Crippen molar-refractivity contribution in [1.29, 1.82) is 0 Å². The average Bonchev–Trinajstić information content (AvgIpc) is 2.75. The third-order valence-corrected chi connectivity index (χ3v) is 4.97. The number of hydrogen-bond acceptors (Lipinski definition) is 5. The van der Waals surface area contributed by atoms with Crippen molar-refractivity contribution >= 4 is 41.1 Å². The first-order chi connectivity index (χ1) is 15.0. The maximum Gasteiger partial charge on any atom is 0.337 e. The number of nitrogens with zero attached hydrogens (tertiary/aromatic N) is 1. The summed E-state index contributed by atoms with van der Waals surface area (Å²) in [5.74, 6) is 0.0526. The number of nitrogens with one attached hydrogen (secondary N) is 1. The molecule has 3 aromatic rings. The van der Waals surface area contributed by atoms with Crippen molar-refractivity contribution in [2.75, 3.05) is 12.0 Å². The molecule has 8 heteroatoms. The molecule has 0 unspecified atom stereocenters. The Kier molecular flexibility index (Phi) is 7.76. The molecule has 3 rings (SSSR count). The number of halogens is 2. The van der Waals surface area contributed by atoms with Gasteiger partial charge in [0, 0.05) is 15.6 Å². The quantitative estimate of drug-likeness (QED) is 0.298. The van der Waals surface area contributed by atoms with Gasteiger partial charge in [-0.3, -0.25) is 5.43 Å². The molecule has 0 amide bonds. The lowest BCUT2D eigenvalue weighted by atomic mass is 10.2. The fourth-order valence-electron chi connectivity index (χ4n) is 2.76. The maximum atomic E-state index is 11.3. The van der Waals surface area contributed by atoms with Crippen molar-refractivity contribution < 1.29 is 19.4 Å². The number of carbonyl (C=O) groups is 1. The Hall–Kier alpha value is -3.22. The zero-order chi connectivity index (χ0) is 22.2. The molecule has 160 valence electrons. The van der Waals surface area contributed by atoms with Gasteiger partial charge in [-0.1, -0.05) is 41.4 Å². The van der Waals surface area contributed by atoms with Crippen LogP contribution in [0.3, 0.4) is 0 Å². The summed E-state index contributed by atoms with van der Waals surface area (Å²) in [5, 5.41) is 14.4. The molecular formula is C23H20Cl2N2O4. The molecule has 0 saturated heterocycles. The number of aromatic carboxylic acids is 1. The minimum atomic E-state index is -1.03. The highest BCUT2D eigenvalue weighted by Gasteiger charge is 2.11. The highest BCUT2D eigenvalue weighted by molar-refractivity contribution is 6.35. The highest BCUT2D eigenvalue weighted by Crippen LogP contribution is 2.31. The normalized spacial score (nSPS) is 10.8. The van der Waals surface area contributed by atoms with E-state index in [-0.39, 0.29) is 12.2 Å². The van der Waals surface area contributed by atoms with E-state index in [4.69, 9.17) is 32.7 Å². The van der Waals surface area contributed by atoms with Crippen molar-refractivity contribution in [3.63, 3.8) is 0 Å². The van der Waals surface area contributed by atoms with E-state index >= 15 is 0 Å². The molecule has 6 nitrogen and oxygen atoms in total. The number of hydrogen-bond donors (Lipinski definition) is 2. The van der Waals surface area contributed by atoms with E-state index in [1.165, 1.54) is 6.07 Å². The summed E-state index contributed by atoms with van der Waals surface area (Å²) >= 11 is 12.4. The van der Waals surface area contributed by atoms with Gasteiger partial charge in [-0.2, -0.15) is 5.10 Å². The van der Waals surface area contributed by atoms with E-state index in [2.05, 4.69) is 10.5 Å². The summed E-state index contributed by atoms with van der Waals surface area (Å²) in [7, 11) is 0. The van der Waals surface area contributed by atoms with Crippen LogP contribution in [-0.2, 0) is 6.61 Å². The molecule has 0 spiro atoms. The van der Waals surface area contributed by atoms with Gasteiger partial charge in [0.1, 0.15) is 6.61 Å². The summed E-state index contributed by atoms with van der Waals surface area (Å²) < 4.78 is 11.6. The molecule has 0 bridgehead atoms. The zero-order valence-electron chi connectivity index (χ0n) is 16.6. The lowest BCUT2D eigenvalue weighted by molar-refractivity contribution is 0.0698. The minimum Gasteiger partial charge on any atom is -0.490 e. The summed E-state index contributed by atoms with van der Waals surface area (Å²) in [6, 6.07) is 17.2. The molecular weight excluding hydrogens is 439 g/mol. The first kappa shape index (κ1) is 22.5. The van der Waals surface area contributed by atoms with E-state index < -0.39 is 5.97 Å². The van der Waals surface area contributed by atoms with Crippen LogP contribution in [0.25, 0.3) is 0 Å². The van der Waals surface area contributed by atoms with Crippen molar-refractivity contribution in [2.24, 2.45) is 5.10 Å². The second kappa shape index (κ2) is 10.7. The zero-order valence-corrected chi connectivity index (χ0v) is 18.2. The number of benzene rings is 3. The van der Waals surface area contributed by atoms with Crippen LogP contribution in [0, 0.1) is 0 Å². The Bertz CT molecular complexity index is 1080. The second-order valence-corrected chi connectivity index (χ2v) is 7.16. The topological polar surface area (TPSA) is 80.2 Å². The monoisotopic (exact) mass is 458 g/mol. The lowest BCUT2D eigenvalue weighted by Crippen LogP contribution is -2.03. The van der Waals surface area contributed by atoms with Gasteiger partial charge in [0.25, 0.3) is 0 Å². The lowest BCUT2D eigenvalue weighted by Gasteiger charge is -2.14. The number of para-hydroxylation sites is 1. The van der Waals surface area contributed by atoms with Crippen LogP contribution in [0.4, 0.5) is 5.69 Å². The van der Waals surface area contributed by atoms with Crippen molar-refractivity contribution in [3.8, 4) is 11.5 Å². The summed E-state index contributed by atoms with van der Waals surface area (Å²) in [6.07, 6.45) is 1.57. The fourth-order valence-corrected chi connectivity index (χ4v) is 3.26. The fraction of sp³-hybridized carbons (Fsp3) is 0.130.